The summed E-state index contributed by atoms with van der Waals surface area (Å²) in [7, 11) is 0. The van der Waals surface area contributed by atoms with Gasteiger partial charge in [0.2, 0.25) is 5.72 Å². The van der Waals surface area contributed by atoms with Crippen LogP contribution in [0.4, 0.5) is 0 Å². The molecule has 1 aromatic carbocycles. The van der Waals surface area contributed by atoms with Gasteiger partial charge in [-0.25, -0.2) is 4.79 Å². The molecule has 2 rings (SSSR count). The molecule has 1 saturated carbocycles. The number of hydrogen-bond acceptors (Lipinski definition) is 3. The molecule has 1 fully saturated rings. The molecule has 1 aromatic rings. The van der Waals surface area contributed by atoms with Crippen molar-refractivity contribution in [2.24, 2.45) is 0 Å². The lowest BCUT2D eigenvalue weighted by Gasteiger charge is -2.36. The normalized spacial score (nSPS) is 16.9. The van der Waals surface area contributed by atoms with E-state index in [-0.39, 0.29) is 18.5 Å². The quantitative estimate of drug-likeness (QED) is 0.589. The van der Waals surface area contributed by atoms with Crippen LogP contribution in [0.15, 0.2) is 24.3 Å². The number of carbonyl (C=O) groups is 1. The van der Waals surface area contributed by atoms with Gasteiger partial charge >= 0.3 is 5.97 Å². The molecule has 4 nitrogen and oxygen atoms in total. The molecule has 0 spiro atoms. The van der Waals surface area contributed by atoms with Crippen LogP contribution in [0, 0.1) is 11.8 Å². The van der Waals surface area contributed by atoms with Crippen molar-refractivity contribution < 1.29 is 14.6 Å². The van der Waals surface area contributed by atoms with Crippen molar-refractivity contribution in [2.75, 3.05) is 6.54 Å². The van der Waals surface area contributed by atoms with E-state index in [2.05, 4.69) is 17.2 Å². The second-order valence-electron chi connectivity index (χ2n) is 6.10. The molecule has 1 aliphatic carbocycles. The highest BCUT2D eigenvalue weighted by Crippen LogP contribution is 2.32. The minimum Gasteiger partial charge on any atom is -0.478 e. The molecule has 1 unspecified atom stereocenters. The minimum absolute atomic E-state index is 0. The molecular formula is C20H28ClNO3. The molecule has 0 saturated heterocycles. The first-order valence-electron chi connectivity index (χ1n) is 8.88. The summed E-state index contributed by atoms with van der Waals surface area (Å²) in [6, 6.07) is 7.38. The van der Waals surface area contributed by atoms with Crippen molar-refractivity contribution >= 4 is 18.4 Å². The Hall–Kier alpha value is -1.54. The Bertz CT molecular complexity index is 617. The number of hydrogen-bond donors (Lipinski definition) is 2. The van der Waals surface area contributed by atoms with Crippen LogP contribution in [0.2, 0.25) is 0 Å². The van der Waals surface area contributed by atoms with Crippen molar-refractivity contribution in [1.82, 2.24) is 5.32 Å². The first kappa shape index (κ1) is 21.5. The van der Waals surface area contributed by atoms with Crippen LogP contribution in [0.1, 0.15) is 63.5 Å². The largest absolute Gasteiger partial charge is 0.478 e. The highest BCUT2D eigenvalue weighted by Gasteiger charge is 2.44. The lowest BCUT2D eigenvalue weighted by atomic mass is 9.93. The zero-order valence-corrected chi connectivity index (χ0v) is 15.8. The zero-order chi connectivity index (χ0) is 17.4. The van der Waals surface area contributed by atoms with Gasteiger partial charge in [-0.15, -0.1) is 12.4 Å². The first-order valence-corrected chi connectivity index (χ1v) is 8.88. The summed E-state index contributed by atoms with van der Waals surface area (Å²) in [6.07, 6.45) is 5.86. The van der Waals surface area contributed by atoms with Gasteiger partial charge in [0.25, 0.3) is 0 Å². The van der Waals surface area contributed by atoms with Crippen LogP contribution in [0.25, 0.3) is 0 Å². The summed E-state index contributed by atoms with van der Waals surface area (Å²) in [4.78, 5) is 12.3. The topological polar surface area (TPSA) is 58.6 Å². The van der Waals surface area contributed by atoms with Gasteiger partial charge in [-0.3, -0.25) is 5.32 Å². The van der Waals surface area contributed by atoms with Gasteiger partial charge in [0.1, 0.15) is 0 Å². The van der Waals surface area contributed by atoms with Crippen molar-refractivity contribution in [2.45, 2.75) is 64.2 Å². The van der Waals surface area contributed by atoms with Gasteiger partial charge in [-0.1, -0.05) is 63.1 Å². The van der Waals surface area contributed by atoms with Crippen molar-refractivity contribution in [1.29, 1.82) is 0 Å². The maximum Gasteiger partial charge on any atom is 0.356 e. The maximum absolute atomic E-state index is 12.3. The SMILES string of the molecule is CCC#Cc1ccccc1C(NCC)(OC1CCCCC1)C(=O)O.Cl. The summed E-state index contributed by atoms with van der Waals surface area (Å²) in [5, 5.41) is 13.1. The summed E-state index contributed by atoms with van der Waals surface area (Å²) in [5.74, 6) is 5.11. The van der Waals surface area contributed by atoms with Gasteiger partial charge in [0.15, 0.2) is 0 Å². The van der Waals surface area contributed by atoms with E-state index < -0.39 is 11.7 Å². The van der Waals surface area contributed by atoms with Crippen molar-refractivity contribution in [3.8, 4) is 11.8 Å². The number of carboxylic acid groups (broad SMARTS) is 1. The molecule has 5 heteroatoms. The van der Waals surface area contributed by atoms with Gasteiger partial charge < -0.3 is 9.84 Å². The van der Waals surface area contributed by atoms with Crippen LogP contribution in [0.3, 0.4) is 0 Å². The van der Waals surface area contributed by atoms with E-state index in [4.69, 9.17) is 4.74 Å². The molecule has 1 atom stereocenters. The molecule has 0 bridgehead atoms. The molecule has 138 valence electrons. The Morgan fingerprint density at radius 1 is 1.28 bits per heavy atom. The predicted molar refractivity (Wildman–Crippen MR) is 102 cm³/mol. The number of ether oxygens (including phenoxy) is 1. The maximum atomic E-state index is 12.3. The average Bonchev–Trinajstić information content (AvgIpc) is 2.60. The van der Waals surface area contributed by atoms with Gasteiger partial charge in [-0.2, -0.15) is 0 Å². The third-order valence-electron chi connectivity index (χ3n) is 4.33. The Morgan fingerprint density at radius 3 is 2.56 bits per heavy atom. The van der Waals surface area contributed by atoms with Gasteiger partial charge in [0.05, 0.1) is 6.10 Å². The van der Waals surface area contributed by atoms with E-state index in [1.165, 1.54) is 6.42 Å². The molecule has 2 N–H and O–H groups in total. The smallest absolute Gasteiger partial charge is 0.356 e. The molecule has 0 radical (unpaired) electrons. The number of aliphatic carboxylic acids is 1. The molecule has 1 aliphatic rings. The Morgan fingerprint density at radius 2 is 1.96 bits per heavy atom. The van der Waals surface area contributed by atoms with Crippen LogP contribution < -0.4 is 5.32 Å². The lowest BCUT2D eigenvalue weighted by molar-refractivity contribution is -0.186. The summed E-state index contributed by atoms with van der Waals surface area (Å²) in [6.45, 7) is 4.36. The second kappa shape index (κ2) is 10.5. The molecule has 0 aliphatic heterocycles. The van der Waals surface area contributed by atoms with Crippen LogP contribution in [0.5, 0.6) is 0 Å². The van der Waals surface area contributed by atoms with E-state index in [0.717, 1.165) is 32.1 Å². The fourth-order valence-electron chi connectivity index (χ4n) is 3.21. The van der Waals surface area contributed by atoms with Crippen LogP contribution in [-0.2, 0) is 15.3 Å². The van der Waals surface area contributed by atoms with E-state index in [1.54, 1.807) is 6.07 Å². The number of carboxylic acids is 1. The highest BCUT2D eigenvalue weighted by atomic mass is 35.5. The standard InChI is InChI=1S/C20H27NO3.ClH/c1-3-5-11-16-12-9-10-15-18(16)20(19(22)23,21-4-2)24-17-13-7-6-8-14-17;/h9-10,12,15,17,21H,3-4,6-8,13-14H2,1-2H3,(H,22,23);1H. The van der Waals surface area contributed by atoms with Crippen LogP contribution in [-0.4, -0.2) is 23.7 Å². The summed E-state index contributed by atoms with van der Waals surface area (Å²) in [5.41, 5.74) is -0.250. The monoisotopic (exact) mass is 365 g/mol. The van der Waals surface area contributed by atoms with E-state index in [0.29, 0.717) is 17.7 Å². The lowest BCUT2D eigenvalue weighted by Crippen LogP contribution is -2.53. The molecule has 0 aromatic heterocycles. The fourth-order valence-corrected chi connectivity index (χ4v) is 3.21. The van der Waals surface area contributed by atoms with Gasteiger partial charge in [0, 0.05) is 17.5 Å². The molecule has 0 amide bonds. The number of benzene rings is 1. The summed E-state index contributed by atoms with van der Waals surface area (Å²) >= 11 is 0. The Kier molecular flexibility index (Phi) is 8.99. The number of halogens is 1. The fraction of sp³-hybridized carbons (Fsp3) is 0.550. The molecule has 25 heavy (non-hydrogen) atoms. The van der Waals surface area contributed by atoms with Crippen LogP contribution >= 0.6 is 12.4 Å². The first-order chi connectivity index (χ1) is 11.6. The molecular weight excluding hydrogens is 338 g/mol. The number of likely N-dealkylation sites (N-methyl/N-ethyl adjacent to an activating group) is 1. The number of rotatable bonds is 6. The van der Waals surface area contributed by atoms with E-state index in [9.17, 15) is 9.90 Å². The van der Waals surface area contributed by atoms with E-state index in [1.807, 2.05) is 32.0 Å². The molecule has 0 heterocycles. The number of nitrogens with one attached hydrogen (secondary N) is 1. The third-order valence-corrected chi connectivity index (χ3v) is 4.33. The summed E-state index contributed by atoms with van der Waals surface area (Å²) < 4.78 is 6.21. The highest BCUT2D eigenvalue weighted by molar-refractivity contribution is 5.85. The van der Waals surface area contributed by atoms with Crippen molar-refractivity contribution in [3.05, 3.63) is 35.4 Å². The average molecular weight is 366 g/mol. The van der Waals surface area contributed by atoms with E-state index >= 15 is 0 Å². The Balaban J connectivity index is 0.00000312. The zero-order valence-electron chi connectivity index (χ0n) is 15.0. The van der Waals surface area contributed by atoms with Gasteiger partial charge in [-0.05, 0) is 25.5 Å². The Labute approximate surface area is 156 Å². The third kappa shape index (κ3) is 5.22. The second-order valence-corrected chi connectivity index (χ2v) is 6.10. The van der Waals surface area contributed by atoms with Crippen molar-refractivity contribution in [3.63, 3.8) is 0 Å². The minimum atomic E-state index is -1.55. The predicted octanol–water partition coefficient (Wildman–Crippen LogP) is 4.07.